The quantitative estimate of drug-likeness (QED) is 0.879. The van der Waals surface area contributed by atoms with Gasteiger partial charge < -0.3 is 4.90 Å². The zero-order chi connectivity index (χ0) is 13.8. The molecule has 3 atom stereocenters. The average Bonchev–Trinajstić information content (AvgIpc) is 2.93. The number of rotatable bonds is 4. The highest BCUT2D eigenvalue weighted by Gasteiger charge is 2.33. The first-order valence-corrected chi connectivity index (χ1v) is 8.07. The first-order chi connectivity index (χ1) is 9.83. The third kappa shape index (κ3) is 3.40. The SMILES string of the molecule is CC1CNNC1C1CCCN(CCc2ccccc2)C1. The van der Waals surface area contributed by atoms with E-state index >= 15 is 0 Å². The number of hydrogen-bond donors (Lipinski definition) is 2. The van der Waals surface area contributed by atoms with Crippen molar-refractivity contribution in [3.8, 4) is 0 Å². The van der Waals surface area contributed by atoms with Gasteiger partial charge in [-0.25, -0.2) is 0 Å². The molecule has 2 saturated heterocycles. The Kier molecular flexibility index (Phi) is 4.71. The Bertz CT molecular complexity index is 406. The number of nitrogens with zero attached hydrogens (tertiary/aromatic N) is 1. The van der Waals surface area contributed by atoms with E-state index in [1.807, 2.05) is 0 Å². The van der Waals surface area contributed by atoms with Gasteiger partial charge in [-0.3, -0.25) is 10.9 Å². The smallest absolute Gasteiger partial charge is 0.0291 e. The van der Waals surface area contributed by atoms with Crippen LogP contribution in [0.15, 0.2) is 30.3 Å². The molecule has 20 heavy (non-hydrogen) atoms. The Morgan fingerprint density at radius 2 is 2.10 bits per heavy atom. The predicted molar refractivity (Wildman–Crippen MR) is 83.4 cm³/mol. The molecule has 0 aromatic heterocycles. The van der Waals surface area contributed by atoms with E-state index in [0.29, 0.717) is 6.04 Å². The first kappa shape index (κ1) is 14.1. The number of likely N-dealkylation sites (tertiary alicyclic amines) is 1. The molecular weight excluding hydrogens is 246 g/mol. The average molecular weight is 273 g/mol. The highest BCUT2D eigenvalue weighted by Crippen LogP contribution is 2.25. The minimum absolute atomic E-state index is 0.662. The topological polar surface area (TPSA) is 27.3 Å². The van der Waals surface area contributed by atoms with Crippen molar-refractivity contribution < 1.29 is 0 Å². The molecule has 2 aliphatic rings. The van der Waals surface area contributed by atoms with Gasteiger partial charge in [-0.1, -0.05) is 37.3 Å². The zero-order valence-electron chi connectivity index (χ0n) is 12.5. The van der Waals surface area contributed by atoms with Crippen LogP contribution in [-0.2, 0) is 6.42 Å². The minimum Gasteiger partial charge on any atom is -0.303 e. The lowest BCUT2D eigenvalue weighted by Crippen LogP contribution is -2.47. The lowest BCUT2D eigenvalue weighted by molar-refractivity contribution is 0.141. The molecule has 3 nitrogen and oxygen atoms in total. The third-order valence-electron chi connectivity index (χ3n) is 4.92. The van der Waals surface area contributed by atoms with Crippen LogP contribution < -0.4 is 10.9 Å². The second-order valence-corrected chi connectivity index (χ2v) is 6.47. The largest absolute Gasteiger partial charge is 0.303 e. The Hall–Kier alpha value is -0.900. The van der Waals surface area contributed by atoms with Crippen molar-refractivity contribution in [1.82, 2.24) is 15.8 Å². The summed E-state index contributed by atoms with van der Waals surface area (Å²) in [5.41, 5.74) is 8.28. The fourth-order valence-corrected chi connectivity index (χ4v) is 3.71. The molecule has 0 amide bonds. The maximum atomic E-state index is 3.49. The van der Waals surface area contributed by atoms with Crippen molar-refractivity contribution in [1.29, 1.82) is 0 Å². The minimum atomic E-state index is 0.662. The summed E-state index contributed by atoms with van der Waals surface area (Å²) in [6.45, 7) is 7.22. The molecule has 3 heteroatoms. The molecule has 0 radical (unpaired) electrons. The second-order valence-electron chi connectivity index (χ2n) is 6.47. The van der Waals surface area contributed by atoms with Crippen LogP contribution in [0, 0.1) is 11.8 Å². The Morgan fingerprint density at radius 1 is 1.25 bits per heavy atom. The summed E-state index contributed by atoms with van der Waals surface area (Å²) in [5, 5.41) is 0. The number of nitrogens with one attached hydrogen (secondary N) is 2. The van der Waals surface area contributed by atoms with E-state index < -0.39 is 0 Å². The number of piperidine rings is 1. The second kappa shape index (κ2) is 6.70. The van der Waals surface area contributed by atoms with Crippen LogP contribution in [0.5, 0.6) is 0 Å². The summed E-state index contributed by atoms with van der Waals surface area (Å²) in [6.07, 6.45) is 3.91. The Morgan fingerprint density at radius 3 is 2.85 bits per heavy atom. The van der Waals surface area contributed by atoms with Crippen molar-refractivity contribution in [3.63, 3.8) is 0 Å². The molecule has 0 saturated carbocycles. The number of hydrazine groups is 1. The monoisotopic (exact) mass is 273 g/mol. The summed E-state index contributed by atoms with van der Waals surface area (Å²) in [4.78, 5) is 2.66. The van der Waals surface area contributed by atoms with E-state index in [1.165, 1.54) is 44.5 Å². The first-order valence-electron chi connectivity index (χ1n) is 8.07. The van der Waals surface area contributed by atoms with Crippen molar-refractivity contribution in [2.75, 3.05) is 26.2 Å². The van der Waals surface area contributed by atoms with Crippen molar-refractivity contribution in [2.45, 2.75) is 32.2 Å². The zero-order valence-corrected chi connectivity index (χ0v) is 12.5. The van der Waals surface area contributed by atoms with Crippen LogP contribution >= 0.6 is 0 Å². The molecule has 2 fully saturated rings. The summed E-state index contributed by atoms with van der Waals surface area (Å²) < 4.78 is 0. The highest BCUT2D eigenvalue weighted by atomic mass is 15.4. The van der Waals surface area contributed by atoms with E-state index in [9.17, 15) is 0 Å². The highest BCUT2D eigenvalue weighted by molar-refractivity contribution is 5.14. The summed E-state index contributed by atoms with van der Waals surface area (Å²) in [7, 11) is 0. The molecule has 2 N–H and O–H groups in total. The summed E-state index contributed by atoms with van der Waals surface area (Å²) in [5.74, 6) is 1.57. The molecule has 0 spiro atoms. The van der Waals surface area contributed by atoms with Crippen LogP contribution in [-0.4, -0.2) is 37.1 Å². The molecular formula is C17H27N3. The Labute approximate surface area is 122 Å². The van der Waals surface area contributed by atoms with Crippen molar-refractivity contribution in [2.24, 2.45) is 11.8 Å². The fraction of sp³-hybridized carbons (Fsp3) is 0.647. The molecule has 0 aliphatic carbocycles. The van der Waals surface area contributed by atoms with E-state index in [0.717, 1.165) is 18.4 Å². The van der Waals surface area contributed by atoms with E-state index in [1.54, 1.807) is 0 Å². The molecule has 0 bridgehead atoms. The van der Waals surface area contributed by atoms with Gasteiger partial charge in [0.1, 0.15) is 0 Å². The number of hydrogen-bond acceptors (Lipinski definition) is 3. The molecule has 3 rings (SSSR count). The van der Waals surface area contributed by atoms with E-state index in [2.05, 4.69) is 53.0 Å². The van der Waals surface area contributed by atoms with E-state index in [4.69, 9.17) is 0 Å². The van der Waals surface area contributed by atoms with Gasteiger partial charge in [0.25, 0.3) is 0 Å². The summed E-state index contributed by atoms with van der Waals surface area (Å²) >= 11 is 0. The van der Waals surface area contributed by atoms with Crippen LogP contribution in [0.2, 0.25) is 0 Å². The van der Waals surface area contributed by atoms with Gasteiger partial charge in [-0.2, -0.15) is 0 Å². The maximum absolute atomic E-state index is 3.49. The van der Waals surface area contributed by atoms with Crippen molar-refractivity contribution >= 4 is 0 Å². The molecule has 2 aliphatic heterocycles. The molecule has 110 valence electrons. The lowest BCUT2D eigenvalue weighted by atomic mass is 9.85. The Balaban J connectivity index is 1.50. The number of benzene rings is 1. The lowest BCUT2D eigenvalue weighted by Gasteiger charge is -2.36. The van der Waals surface area contributed by atoms with E-state index in [-0.39, 0.29) is 0 Å². The van der Waals surface area contributed by atoms with Gasteiger partial charge in [0.05, 0.1) is 0 Å². The van der Waals surface area contributed by atoms with Crippen LogP contribution in [0.4, 0.5) is 0 Å². The molecule has 2 heterocycles. The molecule has 1 aromatic carbocycles. The normalized spacial score (nSPS) is 31.6. The molecule has 3 unspecified atom stereocenters. The third-order valence-corrected chi connectivity index (χ3v) is 4.92. The van der Waals surface area contributed by atoms with Gasteiger partial charge in [-0.05, 0) is 43.2 Å². The predicted octanol–water partition coefficient (Wildman–Crippen LogP) is 2.05. The van der Waals surface area contributed by atoms with Gasteiger partial charge >= 0.3 is 0 Å². The van der Waals surface area contributed by atoms with Crippen LogP contribution in [0.3, 0.4) is 0 Å². The summed E-state index contributed by atoms with van der Waals surface area (Å²) in [6, 6.07) is 11.5. The van der Waals surface area contributed by atoms with Gasteiger partial charge in [0.2, 0.25) is 0 Å². The standard InChI is InChI=1S/C17H27N3/c1-14-12-18-19-17(14)16-8-5-10-20(13-16)11-9-15-6-3-2-4-7-15/h2-4,6-7,14,16-19H,5,8-13H2,1H3. The van der Waals surface area contributed by atoms with Crippen LogP contribution in [0.1, 0.15) is 25.3 Å². The van der Waals surface area contributed by atoms with Crippen molar-refractivity contribution in [3.05, 3.63) is 35.9 Å². The van der Waals surface area contributed by atoms with Gasteiger partial charge in [0, 0.05) is 25.7 Å². The van der Waals surface area contributed by atoms with Gasteiger partial charge in [-0.15, -0.1) is 0 Å². The van der Waals surface area contributed by atoms with Crippen LogP contribution in [0.25, 0.3) is 0 Å². The van der Waals surface area contributed by atoms with Gasteiger partial charge in [0.15, 0.2) is 0 Å². The fourth-order valence-electron chi connectivity index (χ4n) is 3.71. The molecule has 1 aromatic rings. The maximum Gasteiger partial charge on any atom is 0.0291 e.